The highest BCUT2D eigenvalue weighted by atomic mass is 16.5. The SMILES string of the molecule is Cc1cc2nc(CN3CCOCC(C(=O)O)C3)cc(=O)n2[nH]1. The van der Waals surface area contributed by atoms with Crippen LogP contribution >= 0.6 is 0 Å². The third-order valence-electron chi connectivity index (χ3n) is 3.72. The first-order valence-corrected chi connectivity index (χ1v) is 7.14. The summed E-state index contributed by atoms with van der Waals surface area (Å²) in [4.78, 5) is 29.6. The van der Waals surface area contributed by atoms with Crippen molar-refractivity contribution in [3.8, 4) is 0 Å². The fraction of sp³-hybridized carbons (Fsp3) is 0.500. The first-order chi connectivity index (χ1) is 10.5. The van der Waals surface area contributed by atoms with Crippen molar-refractivity contribution in [2.75, 3.05) is 26.3 Å². The predicted octanol–water partition coefficient (Wildman–Crippen LogP) is -0.136. The number of aromatic amines is 1. The van der Waals surface area contributed by atoms with E-state index in [0.717, 1.165) is 5.69 Å². The molecule has 3 rings (SSSR count). The van der Waals surface area contributed by atoms with Gasteiger partial charge in [-0.15, -0.1) is 0 Å². The Balaban J connectivity index is 1.82. The molecule has 1 aliphatic heterocycles. The van der Waals surface area contributed by atoms with Crippen LogP contribution in [0.1, 0.15) is 11.4 Å². The minimum absolute atomic E-state index is 0.172. The van der Waals surface area contributed by atoms with Crippen molar-refractivity contribution in [3.05, 3.63) is 33.9 Å². The molecule has 0 saturated carbocycles. The van der Waals surface area contributed by atoms with Crippen molar-refractivity contribution in [2.24, 2.45) is 5.92 Å². The number of aliphatic carboxylic acids is 1. The van der Waals surface area contributed by atoms with Crippen molar-refractivity contribution in [1.29, 1.82) is 0 Å². The van der Waals surface area contributed by atoms with Crippen LogP contribution in [0.5, 0.6) is 0 Å². The summed E-state index contributed by atoms with van der Waals surface area (Å²) in [6.45, 7) is 4.01. The van der Waals surface area contributed by atoms with Gasteiger partial charge in [0, 0.05) is 37.5 Å². The fourth-order valence-corrected chi connectivity index (χ4v) is 2.64. The second kappa shape index (κ2) is 5.90. The third-order valence-corrected chi connectivity index (χ3v) is 3.72. The van der Waals surface area contributed by atoms with Crippen molar-refractivity contribution in [2.45, 2.75) is 13.5 Å². The number of rotatable bonds is 3. The van der Waals surface area contributed by atoms with Gasteiger partial charge >= 0.3 is 5.97 Å². The molecule has 3 heterocycles. The second-order valence-corrected chi connectivity index (χ2v) is 5.56. The zero-order valence-corrected chi connectivity index (χ0v) is 12.3. The molecule has 1 fully saturated rings. The van der Waals surface area contributed by atoms with Gasteiger partial charge in [-0.3, -0.25) is 19.6 Å². The molecule has 0 aromatic carbocycles. The summed E-state index contributed by atoms with van der Waals surface area (Å²) < 4.78 is 6.71. The van der Waals surface area contributed by atoms with Gasteiger partial charge in [0.05, 0.1) is 24.8 Å². The summed E-state index contributed by atoms with van der Waals surface area (Å²) in [5.74, 6) is -1.42. The van der Waals surface area contributed by atoms with Gasteiger partial charge in [0.25, 0.3) is 5.56 Å². The highest BCUT2D eigenvalue weighted by Crippen LogP contribution is 2.11. The molecule has 0 amide bonds. The lowest BCUT2D eigenvalue weighted by atomic mass is 10.1. The Kier molecular flexibility index (Phi) is 3.95. The number of hydrogen-bond donors (Lipinski definition) is 2. The maximum absolute atomic E-state index is 12.0. The van der Waals surface area contributed by atoms with Gasteiger partial charge in [-0.1, -0.05) is 0 Å². The summed E-state index contributed by atoms with van der Waals surface area (Å²) in [6.07, 6.45) is 0. The molecule has 8 heteroatoms. The molecule has 0 aliphatic carbocycles. The molecule has 2 aromatic heterocycles. The molecule has 1 unspecified atom stereocenters. The number of carbonyl (C=O) groups is 1. The minimum Gasteiger partial charge on any atom is -0.481 e. The van der Waals surface area contributed by atoms with Gasteiger partial charge in [0.15, 0.2) is 5.65 Å². The van der Waals surface area contributed by atoms with Crippen LogP contribution in [-0.2, 0) is 16.1 Å². The lowest BCUT2D eigenvalue weighted by Crippen LogP contribution is -2.33. The minimum atomic E-state index is -0.864. The number of ether oxygens (including phenoxy) is 1. The number of carboxylic acids is 1. The van der Waals surface area contributed by atoms with Crippen LogP contribution in [0.25, 0.3) is 5.65 Å². The van der Waals surface area contributed by atoms with Crippen molar-refractivity contribution >= 4 is 11.6 Å². The first-order valence-electron chi connectivity index (χ1n) is 7.14. The van der Waals surface area contributed by atoms with Gasteiger partial charge in [0.1, 0.15) is 0 Å². The predicted molar refractivity (Wildman–Crippen MR) is 77.8 cm³/mol. The molecular weight excluding hydrogens is 288 g/mol. The van der Waals surface area contributed by atoms with Crippen LogP contribution in [0.3, 0.4) is 0 Å². The van der Waals surface area contributed by atoms with E-state index in [4.69, 9.17) is 9.84 Å². The summed E-state index contributed by atoms with van der Waals surface area (Å²) in [6, 6.07) is 3.28. The number of aryl methyl sites for hydroxylation is 1. The number of nitrogens with zero attached hydrogens (tertiary/aromatic N) is 3. The quantitative estimate of drug-likeness (QED) is 0.819. The van der Waals surface area contributed by atoms with Crippen LogP contribution in [0.15, 0.2) is 16.9 Å². The molecule has 118 valence electrons. The highest BCUT2D eigenvalue weighted by Gasteiger charge is 2.24. The highest BCUT2D eigenvalue weighted by molar-refractivity contribution is 5.70. The van der Waals surface area contributed by atoms with E-state index in [1.807, 2.05) is 11.8 Å². The Labute approximate surface area is 126 Å². The van der Waals surface area contributed by atoms with E-state index in [9.17, 15) is 9.59 Å². The lowest BCUT2D eigenvalue weighted by Gasteiger charge is -2.20. The number of hydrogen-bond acceptors (Lipinski definition) is 5. The Hall–Kier alpha value is -2.19. The molecule has 0 bridgehead atoms. The van der Waals surface area contributed by atoms with Crippen LogP contribution in [0.4, 0.5) is 0 Å². The van der Waals surface area contributed by atoms with Crippen molar-refractivity contribution in [1.82, 2.24) is 19.5 Å². The van der Waals surface area contributed by atoms with E-state index in [-0.39, 0.29) is 12.2 Å². The van der Waals surface area contributed by atoms with Gasteiger partial charge < -0.3 is 9.84 Å². The molecular formula is C14H18N4O4. The number of aromatic nitrogens is 3. The molecule has 1 saturated heterocycles. The smallest absolute Gasteiger partial charge is 0.310 e. The summed E-state index contributed by atoms with van der Waals surface area (Å²) >= 11 is 0. The second-order valence-electron chi connectivity index (χ2n) is 5.56. The Morgan fingerprint density at radius 2 is 2.36 bits per heavy atom. The summed E-state index contributed by atoms with van der Waals surface area (Å²) in [7, 11) is 0. The topological polar surface area (TPSA) is 99.9 Å². The largest absolute Gasteiger partial charge is 0.481 e. The Bertz CT molecular complexity index is 751. The number of H-pyrrole nitrogens is 1. The van der Waals surface area contributed by atoms with Crippen LogP contribution in [0, 0.1) is 12.8 Å². The molecule has 0 radical (unpaired) electrons. The standard InChI is InChI=1S/C14H18N4O4/c1-9-4-12-15-11(5-13(19)18(12)16-9)7-17-2-3-22-8-10(6-17)14(20)21/h4-5,10,16H,2-3,6-8H2,1H3,(H,20,21). The van der Waals surface area contributed by atoms with E-state index in [1.54, 1.807) is 6.07 Å². The average molecular weight is 306 g/mol. The normalized spacial score (nSPS) is 20.1. The molecule has 2 aromatic rings. The monoisotopic (exact) mass is 306 g/mol. The van der Waals surface area contributed by atoms with E-state index < -0.39 is 11.9 Å². The van der Waals surface area contributed by atoms with Gasteiger partial charge in [0.2, 0.25) is 0 Å². The van der Waals surface area contributed by atoms with Crippen LogP contribution < -0.4 is 5.56 Å². The zero-order chi connectivity index (χ0) is 15.7. The molecule has 22 heavy (non-hydrogen) atoms. The zero-order valence-electron chi connectivity index (χ0n) is 12.3. The molecule has 1 atom stereocenters. The lowest BCUT2D eigenvalue weighted by molar-refractivity contribution is -0.143. The third kappa shape index (κ3) is 3.02. The van der Waals surface area contributed by atoms with Crippen LogP contribution in [0.2, 0.25) is 0 Å². The number of fused-ring (bicyclic) bond motifs is 1. The van der Waals surface area contributed by atoms with E-state index in [0.29, 0.717) is 37.6 Å². The molecule has 0 spiro atoms. The Morgan fingerprint density at radius 1 is 1.55 bits per heavy atom. The van der Waals surface area contributed by atoms with Crippen LogP contribution in [-0.4, -0.2) is 56.9 Å². The fourth-order valence-electron chi connectivity index (χ4n) is 2.64. The van der Waals surface area contributed by atoms with E-state index in [1.165, 1.54) is 10.6 Å². The number of carboxylic acid groups (broad SMARTS) is 1. The van der Waals surface area contributed by atoms with Gasteiger partial charge in [-0.25, -0.2) is 9.50 Å². The maximum Gasteiger partial charge on any atom is 0.310 e. The van der Waals surface area contributed by atoms with Gasteiger partial charge in [-0.05, 0) is 6.92 Å². The van der Waals surface area contributed by atoms with E-state index in [2.05, 4.69) is 10.1 Å². The maximum atomic E-state index is 12.0. The van der Waals surface area contributed by atoms with Crippen molar-refractivity contribution < 1.29 is 14.6 Å². The summed E-state index contributed by atoms with van der Waals surface area (Å²) in [5, 5.41) is 12.1. The molecule has 1 aliphatic rings. The Morgan fingerprint density at radius 3 is 3.14 bits per heavy atom. The summed E-state index contributed by atoms with van der Waals surface area (Å²) in [5.41, 5.74) is 1.89. The molecule has 2 N–H and O–H groups in total. The number of nitrogens with one attached hydrogen (secondary N) is 1. The molecule has 8 nitrogen and oxygen atoms in total. The van der Waals surface area contributed by atoms with Crippen molar-refractivity contribution in [3.63, 3.8) is 0 Å². The van der Waals surface area contributed by atoms with E-state index >= 15 is 0 Å². The van der Waals surface area contributed by atoms with Gasteiger partial charge in [-0.2, -0.15) is 0 Å². The first kappa shape index (κ1) is 14.7. The average Bonchev–Trinajstić information content (AvgIpc) is 2.68.